The van der Waals surface area contributed by atoms with Crippen LogP contribution < -0.4 is 0 Å². The summed E-state index contributed by atoms with van der Waals surface area (Å²) in [4.78, 5) is 2.52. The minimum atomic E-state index is 0.929. The van der Waals surface area contributed by atoms with Gasteiger partial charge < -0.3 is 4.90 Å². The number of nitrogens with zero attached hydrogens (tertiary/aromatic N) is 1. The molecule has 0 radical (unpaired) electrons. The standard InChI is InChI=1S/C14H31N/c1-5-8-10-11-14(7-3)13-15(4)12-9-6-2/h14H,5-13H2,1-4H3. The highest BCUT2D eigenvalue weighted by Crippen LogP contribution is 2.14. The summed E-state index contributed by atoms with van der Waals surface area (Å²) in [5, 5.41) is 0. The molecule has 0 bridgehead atoms. The first-order valence-electron chi connectivity index (χ1n) is 6.93. The van der Waals surface area contributed by atoms with E-state index in [1.807, 2.05) is 0 Å². The molecule has 0 fully saturated rings. The summed E-state index contributed by atoms with van der Waals surface area (Å²) in [6.45, 7) is 9.48. The fraction of sp³-hybridized carbons (Fsp3) is 1.00. The fourth-order valence-corrected chi connectivity index (χ4v) is 2.07. The molecule has 1 atom stereocenters. The van der Waals surface area contributed by atoms with Crippen LogP contribution in [0.1, 0.15) is 65.7 Å². The molecule has 1 nitrogen and oxygen atoms in total. The number of unbranched alkanes of at least 4 members (excludes halogenated alkanes) is 3. The lowest BCUT2D eigenvalue weighted by atomic mass is 9.98. The quantitative estimate of drug-likeness (QED) is 0.488. The predicted molar refractivity (Wildman–Crippen MR) is 70.3 cm³/mol. The lowest BCUT2D eigenvalue weighted by Crippen LogP contribution is -2.26. The van der Waals surface area contributed by atoms with E-state index in [2.05, 4.69) is 32.7 Å². The van der Waals surface area contributed by atoms with E-state index in [-0.39, 0.29) is 0 Å². The average molecular weight is 213 g/mol. The predicted octanol–water partition coefficient (Wildman–Crippen LogP) is 4.32. The van der Waals surface area contributed by atoms with E-state index in [1.54, 1.807) is 0 Å². The Hall–Kier alpha value is -0.0400. The second-order valence-corrected chi connectivity index (χ2v) is 4.89. The third-order valence-electron chi connectivity index (χ3n) is 3.26. The van der Waals surface area contributed by atoms with Crippen molar-refractivity contribution in [3.05, 3.63) is 0 Å². The van der Waals surface area contributed by atoms with Crippen LogP contribution in [0.5, 0.6) is 0 Å². The Bertz CT molecular complexity index is 123. The van der Waals surface area contributed by atoms with Crippen LogP contribution in [-0.4, -0.2) is 25.0 Å². The van der Waals surface area contributed by atoms with Gasteiger partial charge in [-0.25, -0.2) is 0 Å². The molecule has 0 aliphatic rings. The highest BCUT2D eigenvalue weighted by Gasteiger charge is 2.08. The van der Waals surface area contributed by atoms with Gasteiger partial charge in [0.05, 0.1) is 0 Å². The van der Waals surface area contributed by atoms with Crippen LogP contribution in [0.25, 0.3) is 0 Å². The Kier molecular flexibility index (Phi) is 10.4. The largest absolute Gasteiger partial charge is 0.306 e. The van der Waals surface area contributed by atoms with E-state index in [0.29, 0.717) is 0 Å². The van der Waals surface area contributed by atoms with Crippen LogP contribution in [0.3, 0.4) is 0 Å². The van der Waals surface area contributed by atoms with Crippen molar-refractivity contribution < 1.29 is 0 Å². The number of hydrogen-bond acceptors (Lipinski definition) is 1. The maximum absolute atomic E-state index is 2.52. The van der Waals surface area contributed by atoms with Crippen LogP contribution in [0.2, 0.25) is 0 Å². The molecule has 1 heteroatoms. The Morgan fingerprint density at radius 3 is 2.13 bits per heavy atom. The van der Waals surface area contributed by atoms with Gasteiger partial charge in [0.15, 0.2) is 0 Å². The van der Waals surface area contributed by atoms with Gasteiger partial charge >= 0.3 is 0 Å². The smallest absolute Gasteiger partial charge is 0.000650 e. The molecule has 0 saturated carbocycles. The van der Waals surface area contributed by atoms with Crippen molar-refractivity contribution >= 4 is 0 Å². The van der Waals surface area contributed by atoms with Gasteiger partial charge in [-0.3, -0.25) is 0 Å². The molecule has 15 heavy (non-hydrogen) atoms. The van der Waals surface area contributed by atoms with Crippen molar-refractivity contribution in [2.24, 2.45) is 5.92 Å². The van der Waals surface area contributed by atoms with Crippen LogP contribution in [0.15, 0.2) is 0 Å². The molecule has 0 amide bonds. The second-order valence-electron chi connectivity index (χ2n) is 4.89. The molecule has 0 N–H and O–H groups in total. The topological polar surface area (TPSA) is 3.24 Å². The molecule has 0 aromatic carbocycles. The van der Waals surface area contributed by atoms with Crippen LogP contribution in [0, 0.1) is 5.92 Å². The molecule has 0 aliphatic carbocycles. The van der Waals surface area contributed by atoms with Gasteiger partial charge in [-0.1, -0.05) is 52.9 Å². The van der Waals surface area contributed by atoms with E-state index in [4.69, 9.17) is 0 Å². The summed E-state index contributed by atoms with van der Waals surface area (Å²) in [5.41, 5.74) is 0. The Morgan fingerprint density at radius 1 is 0.933 bits per heavy atom. The molecule has 0 spiro atoms. The third kappa shape index (κ3) is 8.92. The van der Waals surface area contributed by atoms with Crippen molar-refractivity contribution in [1.82, 2.24) is 4.90 Å². The first-order valence-corrected chi connectivity index (χ1v) is 6.93. The molecule has 1 unspecified atom stereocenters. The monoisotopic (exact) mass is 213 g/mol. The van der Waals surface area contributed by atoms with E-state index < -0.39 is 0 Å². The molecule has 0 saturated heterocycles. The minimum absolute atomic E-state index is 0.929. The van der Waals surface area contributed by atoms with E-state index >= 15 is 0 Å². The molecule has 0 aromatic rings. The Balaban J connectivity index is 3.57. The van der Waals surface area contributed by atoms with Gasteiger partial charge in [-0.2, -0.15) is 0 Å². The van der Waals surface area contributed by atoms with Crippen molar-refractivity contribution in [2.75, 3.05) is 20.1 Å². The van der Waals surface area contributed by atoms with Gasteiger partial charge in [0.25, 0.3) is 0 Å². The molecular formula is C14H31N. The summed E-state index contributed by atoms with van der Waals surface area (Å²) >= 11 is 0. The SMILES string of the molecule is CCCCCC(CC)CN(C)CCCC. The second kappa shape index (κ2) is 10.5. The highest BCUT2D eigenvalue weighted by atomic mass is 15.1. The molecule has 0 aliphatic heterocycles. The molecule has 0 aromatic heterocycles. The maximum Gasteiger partial charge on any atom is 0.000650 e. The summed E-state index contributed by atoms with van der Waals surface area (Å²) in [6, 6.07) is 0. The Labute approximate surface area is 97.2 Å². The minimum Gasteiger partial charge on any atom is -0.306 e. The number of hydrogen-bond donors (Lipinski definition) is 0. The Morgan fingerprint density at radius 2 is 1.60 bits per heavy atom. The van der Waals surface area contributed by atoms with Crippen molar-refractivity contribution in [3.8, 4) is 0 Å². The summed E-state index contributed by atoms with van der Waals surface area (Å²) in [6.07, 6.45) is 9.63. The lowest BCUT2D eigenvalue weighted by Gasteiger charge is -2.23. The normalized spacial score (nSPS) is 13.4. The summed E-state index contributed by atoms with van der Waals surface area (Å²) in [7, 11) is 2.28. The summed E-state index contributed by atoms with van der Waals surface area (Å²) < 4.78 is 0. The fourth-order valence-electron chi connectivity index (χ4n) is 2.07. The van der Waals surface area contributed by atoms with E-state index in [1.165, 1.54) is 58.0 Å². The van der Waals surface area contributed by atoms with E-state index in [0.717, 1.165) is 5.92 Å². The van der Waals surface area contributed by atoms with Crippen molar-refractivity contribution in [3.63, 3.8) is 0 Å². The van der Waals surface area contributed by atoms with Crippen molar-refractivity contribution in [1.29, 1.82) is 0 Å². The van der Waals surface area contributed by atoms with Gasteiger partial charge in [-0.15, -0.1) is 0 Å². The van der Waals surface area contributed by atoms with Gasteiger partial charge in [0.1, 0.15) is 0 Å². The van der Waals surface area contributed by atoms with Gasteiger partial charge in [0.2, 0.25) is 0 Å². The lowest BCUT2D eigenvalue weighted by molar-refractivity contribution is 0.256. The zero-order chi connectivity index (χ0) is 11.5. The highest BCUT2D eigenvalue weighted by molar-refractivity contribution is 4.62. The van der Waals surface area contributed by atoms with Crippen molar-refractivity contribution in [2.45, 2.75) is 65.7 Å². The van der Waals surface area contributed by atoms with Crippen LogP contribution >= 0.6 is 0 Å². The zero-order valence-corrected chi connectivity index (χ0v) is 11.4. The number of rotatable bonds is 10. The molecule has 0 heterocycles. The first-order chi connectivity index (χ1) is 7.24. The first kappa shape index (κ1) is 15.0. The van der Waals surface area contributed by atoms with Crippen LogP contribution in [-0.2, 0) is 0 Å². The molecule has 0 rings (SSSR count). The summed E-state index contributed by atoms with van der Waals surface area (Å²) in [5.74, 6) is 0.929. The van der Waals surface area contributed by atoms with Crippen LogP contribution in [0.4, 0.5) is 0 Å². The van der Waals surface area contributed by atoms with E-state index in [9.17, 15) is 0 Å². The molecule has 92 valence electrons. The third-order valence-corrected chi connectivity index (χ3v) is 3.26. The average Bonchev–Trinajstić information content (AvgIpc) is 2.25. The zero-order valence-electron chi connectivity index (χ0n) is 11.4. The van der Waals surface area contributed by atoms with Gasteiger partial charge in [-0.05, 0) is 32.4 Å². The van der Waals surface area contributed by atoms with Gasteiger partial charge in [0, 0.05) is 6.54 Å². The maximum atomic E-state index is 2.52. The molecular weight excluding hydrogens is 182 g/mol.